The molecule has 1 aromatic heterocycles. The summed E-state index contributed by atoms with van der Waals surface area (Å²) in [5.74, 6) is -1.15. The molecule has 4 nitrogen and oxygen atoms in total. The van der Waals surface area contributed by atoms with Crippen molar-refractivity contribution in [2.45, 2.75) is 19.3 Å². The normalized spacial score (nSPS) is 11.8. The molecule has 0 aliphatic carbocycles. The van der Waals surface area contributed by atoms with Gasteiger partial charge in [-0.25, -0.2) is 8.78 Å². The molecule has 0 spiro atoms. The molecule has 1 rings (SSSR count). The van der Waals surface area contributed by atoms with Gasteiger partial charge >= 0.3 is 6.36 Å². The maximum atomic E-state index is 12.6. The zero-order chi connectivity index (χ0) is 14.8. The van der Waals surface area contributed by atoms with Crippen molar-refractivity contribution in [3.8, 4) is 5.75 Å². The maximum Gasteiger partial charge on any atom is 0.573 e. The Labute approximate surface area is 108 Å². The van der Waals surface area contributed by atoms with E-state index in [0.717, 1.165) is 0 Å². The molecule has 0 aromatic carbocycles. The molecule has 0 saturated heterocycles. The molecule has 0 fully saturated rings. The van der Waals surface area contributed by atoms with Crippen LogP contribution in [-0.2, 0) is 6.54 Å². The molecule has 0 unspecified atom stereocenters. The van der Waals surface area contributed by atoms with E-state index in [4.69, 9.17) is 17.3 Å². The Hall–Kier alpha value is -1.48. The lowest BCUT2D eigenvalue weighted by atomic mass is 10.1. The summed E-state index contributed by atoms with van der Waals surface area (Å²) in [6, 6.07) is 0. The van der Waals surface area contributed by atoms with Gasteiger partial charge in [-0.2, -0.15) is 0 Å². The third-order valence-corrected chi connectivity index (χ3v) is 2.16. The summed E-state index contributed by atoms with van der Waals surface area (Å²) in [4.78, 5) is 14.2. The molecule has 1 heterocycles. The molecule has 0 atom stereocenters. The minimum atomic E-state index is -5.19. The van der Waals surface area contributed by atoms with E-state index in [2.05, 4.69) is 9.72 Å². The number of rotatable bonds is 4. The average Bonchev–Trinajstić information content (AvgIpc) is 2.25. The zero-order valence-corrected chi connectivity index (χ0v) is 9.73. The minimum Gasteiger partial charge on any atom is -0.404 e. The van der Waals surface area contributed by atoms with Crippen molar-refractivity contribution in [1.29, 1.82) is 0 Å². The highest BCUT2D eigenvalue weighted by atomic mass is 35.5. The first-order valence-corrected chi connectivity index (χ1v) is 5.00. The molecule has 0 radical (unpaired) electrons. The van der Waals surface area contributed by atoms with Crippen molar-refractivity contribution in [2.24, 2.45) is 5.73 Å². The topological polar surface area (TPSA) is 65.2 Å². The van der Waals surface area contributed by atoms with Crippen LogP contribution >= 0.6 is 11.6 Å². The number of carbonyl (C=O) groups is 1. The lowest BCUT2D eigenvalue weighted by Gasteiger charge is -2.16. The standard InChI is InChI=1S/C9H6ClF5N2O2/c10-7(18)4-5(8(11)12)17-2-3(1-16)6(4)19-9(13,14)15/h2,8H,1,16H2. The number of carbonyl (C=O) groups excluding carboxylic acids is 1. The van der Waals surface area contributed by atoms with Crippen LogP contribution in [0.3, 0.4) is 0 Å². The largest absolute Gasteiger partial charge is 0.573 e. The van der Waals surface area contributed by atoms with Gasteiger partial charge in [0.05, 0.1) is 0 Å². The fourth-order valence-electron chi connectivity index (χ4n) is 1.28. The molecule has 1 aromatic rings. The van der Waals surface area contributed by atoms with Crippen LogP contribution in [0.1, 0.15) is 28.0 Å². The van der Waals surface area contributed by atoms with E-state index >= 15 is 0 Å². The van der Waals surface area contributed by atoms with Gasteiger partial charge in [0, 0.05) is 18.3 Å². The van der Waals surface area contributed by atoms with E-state index in [1.807, 2.05) is 0 Å². The van der Waals surface area contributed by atoms with E-state index in [-0.39, 0.29) is 5.56 Å². The highest BCUT2D eigenvalue weighted by Gasteiger charge is 2.36. The average molecular weight is 305 g/mol. The van der Waals surface area contributed by atoms with Gasteiger partial charge in [-0.1, -0.05) is 0 Å². The summed E-state index contributed by atoms with van der Waals surface area (Å²) in [6.45, 7) is -0.501. The molecule has 19 heavy (non-hydrogen) atoms. The van der Waals surface area contributed by atoms with Crippen molar-refractivity contribution < 1.29 is 31.5 Å². The highest BCUT2D eigenvalue weighted by molar-refractivity contribution is 6.68. The molecule has 0 amide bonds. The smallest absolute Gasteiger partial charge is 0.404 e. The number of nitrogens with zero attached hydrogens (tertiary/aromatic N) is 1. The van der Waals surface area contributed by atoms with Gasteiger partial charge in [0.15, 0.2) is 0 Å². The summed E-state index contributed by atoms with van der Waals surface area (Å²) >= 11 is 5.01. The minimum absolute atomic E-state index is 0.370. The summed E-state index contributed by atoms with van der Waals surface area (Å²) in [5.41, 5.74) is 2.43. The van der Waals surface area contributed by atoms with Crippen LogP contribution in [0.4, 0.5) is 22.0 Å². The lowest BCUT2D eigenvalue weighted by Crippen LogP contribution is -2.21. The van der Waals surface area contributed by atoms with Crippen LogP contribution < -0.4 is 10.5 Å². The Morgan fingerprint density at radius 3 is 2.42 bits per heavy atom. The number of hydrogen-bond acceptors (Lipinski definition) is 4. The van der Waals surface area contributed by atoms with Gasteiger partial charge < -0.3 is 10.5 Å². The molecule has 106 valence electrons. The Bertz CT molecular complexity index is 492. The number of alkyl halides is 5. The van der Waals surface area contributed by atoms with Gasteiger partial charge in [0.2, 0.25) is 0 Å². The van der Waals surface area contributed by atoms with Crippen molar-refractivity contribution in [1.82, 2.24) is 4.98 Å². The highest BCUT2D eigenvalue weighted by Crippen LogP contribution is 2.35. The summed E-state index contributed by atoms with van der Waals surface area (Å²) in [7, 11) is 0. The van der Waals surface area contributed by atoms with Crippen LogP contribution in [0.25, 0.3) is 0 Å². The van der Waals surface area contributed by atoms with Crippen molar-refractivity contribution in [2.75, 3.05) is 0 Å². The second-order valence-electron chi connectivity index (χ2n) is 3.20. The van der Waals surface area contributed by atoms with Gasteiger partial charge in [0.25, 0.3) is 11.7 Å². The van der Waals surface area contributed by atoms with Gasteiger partial charge in [-0.05, 0) is 11.6 Å². The van der Waals surface area contributed by atoms with Crippen LogP contribution in [0, 0.1) is 0 Å². The molecular formula is C9H6ClF5N2O2. The van der Waals surface area contributed by atoms with Crippen LogP contribution in [0.5, 0.6) is 5.75 Å². The quantitative estimate of drug-likeness (QED) is 0.686. The third-order valence-electron chi connectivity index (χ3n) is 1.98. The predicted octanol–water partition coefficient (Wildman–Crippen LogP) is 2.76. The Morgan fingerprint density at radius 1 is 1.47 bits per heavy atom. The number of halogens is 6. The second-order valence-corrected chi connectivity index (χ2v) is 3.54. The van der Waals surface area contributed by atoms with Crippen molar-refractivity contribution in [3.05, 3.63) is 23.0 Å². The molecular weight excluding hydrogens is 299 g/mol. The summed E-state index contributed by atoms with van der Waals surface area (Å²) < 4.78 is 65.4. The molecule has 2 N–H and O–H groups in total. The fourth-order valence-corrected chi connectivity index (χ4v) is 1.46. The van der Waals surface area contributed by atoms with Gasteiger partial charge in [-0.3, -0.25) is 9.78 Å². The van der Waals surface area contributed by atoms with E-state index in [0.29, 0.717) is 6.20 Å². The van der Waals surface area contributed by atoms with Crippen molar-refractivity contribution >= 4 is 16.8 Å². The summed E-state index contributed by atoms with van der Waals surface area (Å²) in [5, 5.41) is -1.54. The number of pyridine rings is 1. The third kappa shape index (κ3) is 3.74. The van der Waals surface area contributed by atoms with Crippen molar-refractivity contribution in [3.63, 3.8) is 0 Å². The Kier molecular flexibility index (Phi) is 4.64. The Morgan fingerprint density at radius 2 is 2.05 bits per heavy atom. The van der Waals surface area contributed by atoms with E-state index in [1.165, 1.54) is 0 Å². The Balaban J connectivity index is 3.53. The summed E-state index contributed by atoms with van der Waals surface area (Å²) in [6.07, 6.45) is -7.81. The fraction of sp³-hybridized carbons (Fsp3) is 0.333. The molecule has 0 aliphatic heterocycles. The first-order valence-electron chi connectivity index (χ1n) is 4.63. The number of hydrogen-bond donors (Lipinski definition) is 1. The number of ether oxygens (including phenoxy) is 1. The predicted molar refractivity (Wildman–Crippen MR) is 54.0 cm³/mol. The van der Waals surface area contributed by atoms with Crippen LogP contribution in [0.15, 0.2) is 6.20 Å². The van der Waals surface area contributed by atoms with E-state index < -0.39 is 41.6 Å². The molecule has 0 bridgehead atoms. The maximum absolute atomic E-state index is 12.6. The molecule has 0 aliphatic rings. The first-order chi connectivity index (χ1) is 8.67. The first kappa shape index (κ1) is 15.6. The van der Waals surface area contributed by atoms with Crippen LogP contribution in [0.2, 0.25) is 0 Å². The number of aromatic nitrogens is 1. The SMILES string of the molecule is NCc1cnc(C(F)F)c(C(=O)Cl)c1OC(F)(F)F. The zero-order valence-electron chi connectivity index (χ0n) is 8.97. The monoisotopic (exact) mass is 304 g/mol. The lowest BCUT2D eigenvalue weighted by molar-refractivity contribution is -0.275. The van der Waals surface area contributed by atoms with Crippen LogP contribution in [-0.4, -0.2) is 16.6 Å². The van der Waals surface area contributed by atoms with E-state index in [1.54, 1.807) is 0 Å². The second kappa shape index (κ2) is 5.66. The number of nitrogens with two attached hydrogens (primary N) is 1. The van der Waals surface area contributed by atoms with Gasteiger partial charge in [0.1, 0.15) is 17.0 Å². The van der Waals surface area contributed by atoms with E-state index in [9.17, 15) is 26.7 Å². The molecule has 0 saturated carbocycles. The molecule has 10 heteroatoms. The van der Waals surface area contributed by atoms with Gasteiger partial charge in [-0.15, -0.1) is 13.2 Å².